The summed E-state index contributed by atoms with van der Waals surface area (Å²) >= 11 is 6.14. The standard InChI is InChI=1S/C17H18ClFN2O/c1-11-7-12(2)17(14(18)8-11)21-16(22)10-20-9-13-5-3-4-6-15(13)19/h3-8,20H,9-10H2,1-2H3,(H,21,22). The molecule has 2 N–H and O–H groups in total. The van der Waals surface area contributed by atoms with Gasteiger partial charge in [0.05, 0.1) is 17.3 Å². The molecule has 0 aliphatic rings. The predicted molar refractivity (Wildman–Crippen MR) is 87.7 cm³/mol. The van der Waals surface area contributed by atoms with Gasteiger partial charge in [0.25, 0.3) is 0 Å². The second kappa shape index (κ2) is 7.38. The maximum absolute atomic E-state index is 13.4. The van der Waals surface area contributed by atoms with E-state index in [1.54, 1.807) is 24.3 Å². The number of aryl methyl sites for hydroxylation is 2. The Morgan fingerprint density at radius 2 is 1.95 bits per heavy atom. The molecule has 0 aromatic heterocycles. The van der Waals surface area contributed by atoms with Crippen LogP contribution in [0.3, 0.4) is 0 Å². The van der Waals surface area contributed by atoms with E-state index in [-0.39, 0.29) is 18.3 Å². The van der Waals surface area contributed by atoms with E-state index >= 15 is 0 Å². The number of hydrogen-bond acceptors (Lipinski definition) is 2. The smallest absolute Gasteiger partial charge is 0.238 e. The van der Waals surface area contributed by atoms with Gasteiger partial charge in [-0.15, -0.1) is 0 Å². The number of carbonyl (C=O) groups excluding carboxylic acids is 1. The molecule has 0 atom stereocenters. The fourth-order valence-electron chi connectivity index (χ4n) is 2.21. The van der Waals surface area contributed by atoms with E-state index in [4.69, 9.17) is 11.6 Å². The molecule has 0 radical (unpaired) electrons. The highest BCUT2D eigenvalue weighted by Gasteiger charge is 2.09. The minimum absolute atomic E-state index is 0.0813. The molecule has 2 aromatic carbocycles. The minimum Gasteiger partial charge on any atom is -0.323 e. The van der Waals surface area contributed by atoms with Crippen LogP contribution in [0.4, 0.5) is 10.1 Å². The molecule has 0 saturated heterocycles. The zero-order valence-corrected chi connectivity index (χ0v) is 13.3. The summed E-state index contributed by atoms with van der Waals surface area (Å²) in [6.07, 6.45) is 0. The normalized spacial score (nSPS) is 10.5. The summed E-state index contributed by atoms with van der Waals surface area (Å²) < 4.78 is 13.4. The first-order valence-electron chi connectivity index (χ1n) is 6.98. The van der Waals surface area contributed by atoms with Gasteiger partial charge in [-0.05, 0) is 37.1 Å². The third-order valence-electron chi connectivity index (χ3n) is 3.26. The first-order chi connectivity index (χ1) is 10.5. The number of benzene rings is 2. The highest BCUT2D eigenvalue weighted by atomic mass is 35.5. The van der Waals surface area contributed by atoms with E-state index in [1.165, 1.54) is 6.07 Å². The molecule has 3 nitrogen and oxygen atoms in total. The van der Waals surface area contributed by atoms with Gasteiger partial charge in [0, 0.05) is 12.1 Å². The Morgan fingerprint density at radius 3 is 2.64 bits per heavy atom. The molecule has 1 amide bonds. The summed E-state index contributed by atoms with van der Waals surface area (Å²) in [5, 5.41) is 6.21. The summed E-state index contributed by atoms with van der Waals surface area (Å²) in [7, 11) is 0. The zero-order chi connectivity index (χ0) is 16.1. The van der Waals surface area contributed by atoms with Crippen LogP contribution in [-0.2, 0) is 11.3 Å². The quantitative estimate of drug-likeness (QED) is 0.879. The largest absolute Gasteiger partial charge is 0.323 e. The van der Waals surface area contributed by atoms with Crippen molar-refractivity contribution >= 4 is 23.2 Å². The molecule has 0 fully saturated rings. The molecule has 0 spiro atoms. The maximum Gasteiger partial charge on any atom is 0.238 e. The molecule has 0 bridgehead atoms. The third kappa shape index (κ3) is 4.29. The Labute approximate surface area is 134 Å². The number of halogens is 2. The van der Waals surface area contributed by atoms with Crippen molar-refractivity contribution in [3.63, 3.8) is 0 Å². The van der Waals surface area contributed by atoms with Crippen molar-refractivity contribution in [3.8, 4) is 0 Å². The highest BCUT2D eigenvalue weighted by Crippen LogP contribution is 2.27. The summed E-state index contributed by atoms with van der Waals surface area (Å²) in [4.78, 5) is 12.0. The van der Waals surface area contributed by atoms with Gasteiger partial charge in [-0.2, -0.15) is 0 Å². The van der Waals surface area contributed by atoms with Crippen molar-refractivity contribution in [2.24, 2.45) is 0 Å². The highest BCUT2D eigenvalue weighted by molar-refractivity contribution is 6.34. The van der Waals surface area contributed by atoms with Gasteiger partial charge in [-0.25, -0.2) is 4.39 Å². The van der Waals surface area contributed by atoms with Crippen LogP contribution in [-0.4, -0.2) is 12.5 Å². The third-order valence-corrected chi connectivity index (χ3v) is 3.55. The number of nitrogens with one attached hydrogen (secondary N) is 2. The Kier molecular flexibility index (Phi) is 5.52. The van der Waals surface area contributed by atoms with E-state index in [0.29, 0.717) is 22.8 Å². The molecule has 0 aliphatic heterocycles. The van der Waals surface area contributed by atoms with E-state index in [2.05, 4.69) is 10.6 Å². The molecule has 2 aromatic rings. The van der Waals surface area contributed by atoms with Crippen LogP contribution in [0.2, 0.25) is 5.02 Å². The van der Waals surface area contributed by atoms with Crippen molar-refractivity contribution in [3.05, 3.63) is 63.9 Å². The Balaban J connectivity index is 1.90. The molecule has 116 valence electrons. The van der Waals surface area contributed by atoms with Crippen molar-refractivity contribution in [2.45, 2.75) is 20.4 Å². The number of amides is 1. The average molecular weight is 321 g/mol. The average Bonchev–Trinajstić information content (AvgIpc) is 2.45. The van der Waals surface area contributed by atoms with Crippen molar-refractivity contribution in [2.75, 3.05) is 11.9 Å². The number of hydrogen-bond donors (Lipinski definition) is 2. The topological polar surface area (TPSA) is 41.1 Å². The molecule has 5 heteroatoms. The Bertz CT molecular complexity index is 665. The van der Waals surface area contributed by atoms with Crippen LogP contribution in [0, 0.1) is 19.7 Å². The monoisotopic (exact) mass is 320 g/mol. The fraction of sp³-hybridized carbons (Fsp3) is 0.235. The van der Waals surface area contributed by atoms with Crippen LogP contribution < -0.4 is 10.6 Å². The molecule has 0 aliphatic carbocycles. The van der Waals surface area contributed by atoms with Crippen LogP contribution >= 0.6 is 11.6 Å². The lowest BCUT2D eigenvalue weighted by atomic mass is 10.1. The van der Waals surface area contributed by atoms with E-state index in [1.807, 2.05) is 19.9 Å². The van der Waals surface area contributed by atoms with Gasteiger partial charge in [-0.1, -0.05) is 35.9 Å². The number of rotatable bonds is 5. The second-order valence-corrected chi connectivity index (χ2v) is 5.59. The summed E-state index contributed by atoms with van der Waals surface area (Å²) in [5.41, 5.74) is 3.09. The molecular weight excluding hydrogens is 303 g/mol. The predicted octanol–water partition coefficient (Wildman–Crippen LogP) is 3.82. The summed E-state index contributed by atoms with van der Waals surface area (Å²) in [6.45, 7) is 4.21. The Morgan fingerprint density at radius 1 is 1.23 bits per heavy atom. The van der Waals surface area contributed by atoms with Gasteiger partial charge in [0.1, 0.15) is 5.82 Å². The summed E-state index contributed by atoms with van der Waals surface area (Å²) in [5.74, 6) is -0.502. The SMILES string of the molecule is Cc1cc(C)c(NC(=O)CNCc2ccccc2F)c(Cl)c1. The lowest BCUT2D eigenvalue weighted by molar-refractivity contribution is -0.115. The van der Waals surface area contributed by atoms with Crippen molar-refractivity contribution < 1.29 is 9.18 Å². The van der Waals surface area contributed by atoms with Gasteiger partial charge in [0.2, 0.25) is 5.91 Å². The lowest BCUT2D eigenvalue weighted by Gasteiger charge is -2.12. The zero-order valence-electron chi connectivity index (χ0n) is 12.5. The van der Waals surface area contributed by atoms with Gasteiger partial charge in [0.15, 0.2) is 0 Å². The van der Waals surface area contributed by atoms with Crippen LogP contribution in [0.15, 0.2) is 36.4 Å². The fourth-order valence-corrected chi connectivity index (χ4v) is 2.58. The first-order valence-corrected chi connectivity index (χ1v) is 7.36. The maximum atomic E-state index is 13.4. The number of carbonyl (C=O) groups is 1. The molecule has 0 heterocycles. The molecule has 2 rings (SSSR count). The Hall–Kier alpha value is -1.91. The van der Waals surface area contributed by atoms with Crippen molar-refractivity contribution in [1.82, 2.24) is 5.32 Å². The molecule has 22 heavy (non-hydrogen) atoms. The number of anilines is 1. The van der Waals surface area contributed by atoms with Gasteiger partial charge in [-0.3, -0.25) is 4.79 Å². The first kappa shape index (κ1) is 16.5. The summed E-state index contributed by atoms with van der Waals surface area (Å²) in [6, 6.07) is 10.2. The molecule has 0 saturated carbocycles. The van der Waals surface area contributed by atoms with E-state index in [0.717, 1.165) is 11.1 Å². The van der Waals surface area contributed by atoms with Crippen LogP contribution in [0.25, 0.3) is 0 Å². The van der Waals surface area contributed by atoms with E-state index in [9.17, 15) is 9.18 Å². The molecule has 0 unspecified atom stereocenters. The minimum atomic E-state index is -0.284. The van der Waals surface area contributed by atoms with Gasteiger partial charge < -0.3 is 10.6 Å². The second-order valence-electron chi connectivity index (χ2n) is 5.18. The van der Waals surface area contributed by atoms with Crippen LogP contribution in [0.5, 0.6) is 0 Å². The van der Waals surface area contributed by atoms with Crippen molar-refractivity contribution in [1.29, 1.82) is 0 Å². The molecular formula is C17H18ClFN2O. The van der Waals surface area contributed by atoms with E-state index < -0.39 is 0 Å². The van der Waals surface area contributed by atoms with Gasteiger partial charge >= 0.3 is 0 Å². The van der Waals surface area contributed by atoms with Crippen LogP contribution in [0.1, 0.15) is 16.7 Å². The lowest BCUT2D eigenvalue weighted by Crippen LogP contribution is -2.28.